The van der Waals surface area contributed by atoms with Crippen molar-refractivity contribution in [3.8, 4) is 0 Å². The lowest BCUT2D eigenvalue weighted by Gasteiger charge is -2.26. The van der Waals surface area contributed by atoms with E-state index in [0.717, 1.165) is 41.6 Å². The minimum absolute atomic E-state index is 0.0787. The molecule has 1 saturated heterocycles. The molecule has 0 aliphatic carbocycles. The molecule has 2 aromatic rings. The van der Waals surface area contributed by atoms with Crippen LogP contribution in [0.2, 0.25) is 0 Å². The predicted molar refractivity (Wildman–Crippen MR) is 83.9 cm³/mol. The summed E-state index contributed by atoms with van der Waals surface area (Å²) in [6.07, 6.45) is 3.53. The van der Waals surface area contributed by atoms with Crippen molar-refractivity contribution in [2.75, 3.05) is 18.8 Å². The van der Waals surface area contributed by atoms with E-state index in [1.807, 2.05) is 30.1 Å². The van der Waals surface area contributed by atoms with Gasteiger partial charge >= 0.3 is 0 Å². The number of benzene rings is 1. The molecule has 2 heterocycles. The Morgan fingerprint density at radius 1 is 1.30 bits per heavy atom. The highest BCUT2D eigenvalue weighted by atomic mass is 32.1. The number of anilines is 1. The number of aryl methyl sites for hydroxylation is 1. The molecule has 1 aromatic carbocycles. The van der Waals surface area contributed by atoms with Gasteiger partial charge in [-0.3, -0.25) is 10.2 Å². The number of carbonyl (C=O) groups excluding carboxylic acids is 1. The number of hydrogen-bond acceptors (Lipinski definition) is 4. The summed E-state index contributed by atoms with van der Waals surface area (Å²) in [4.78, 5) is 13.0. The molecule has 0 spiro atoms. The van der Waals surface area contributed by atoms with Crippen molar-refractivity contribution in [1.82, 2.24) is 10.4 Å². The molecule has 0 bridgehead atoms. The van der Waals surface area contributed by atoms with Crippen LogP contribution in [0.3, 0.4) is 0 Å². The number of nitrogens with two attached hydrogens (primary N) is 1. The predicted octanol–water partition coefficient (Wildman–Crippen LogP) is 2.92. The average molecular weight is 289 g/mol. The molecule has 106 valence electrons. The fraction of sp³-hybridized carbons (Fsp3) is 0.400. The minimum Gasteiger partial charge on any atom is -0.397 e. The topological polar surface area (TPSA) is 58.4 Å². The molecular formula is C15H19N3OS. The summed E-state index contributed by atoms with van der Waals surface area (Å²) in [5, 5.41) is 2.99. The quantitative estimate of drug-likeness (QED) is 0.893. The van der Waals surface area contributed by atoms with Gasteiger partial charge in [0.15, 0.2) is 0 Å². The molecule has 1 fully saturated rings. The van der Waals surface area contributed by atoms with Gasteiger partial charge in [-0.05, 0) is 25.3 Å². The molecule has 0 saturated carbocycles. The van der Waals surface area contributed by atoms with Crippen molar-refractivity contribution < 1.29 is 4.79 Å². The first-order chi connectivity index (χ1) is 9.66. The summed E-state index contributed by atoms with van der Waals surface area (Å²) >= 11 is 1.48. The van der Waals surface area contributed by atoms with E-state index < -0.39 is 0 Å². The molecule has 1 aromatic heterocycles. The molecule has 0 unspecified atom stereocenters. The van der Waals surface area contributed by atoms with Crippen LogP contribution < -0.4 is 11.2 Å². The Labute approximate surface area is 122 Å². The Morgan fingerprint density at radius 2 is 2.05 bits per heavy atom. The number of nitrogens with one attached hydrogen (secondary N) is 1. The van der Waals surface area contributed by atoms with Gasteiger partial charge in [0.05, 0.1) is 5.69 Å². The van der Waals surface area contributed by atoms with Crippen LogP contribution >= 0.6 is 11.3 Å². The van der Waals surface area contributed by atoms with E-state index in [0.29, 0.717) is 10.6 Å². The van der Waals surface area contributed by atoms with E-state index in [1.165, 1.54) is 17.8 Å². The first-order valence-electron chi connectivity index (χ1n) is 7.00. The van der Waals surface area contributed by atoms with Crippen molar-refractivity contribution in [1.29, 1.82) is 0 Å². The Bertz CT molecular complexity index is 644. The summed E-state index contributed by atoms with van der Waals surface area (Å²) in [6, 6.07) is 6.00. The molecule has 3 N–H and O–H groups in total. The summed E-state index contributed by atoms with van der Waals surface area (Å²) < 4.78 is 1.11. The number of piperidine rings is 1. The highest BCUT2D eigenvalue weighted by Gasteiger charge is 2.20. The maximum Gasteiger partial charge on any atom is 0.277 e. The molecule has 20 heavy (non-hydrogen) atoms. The average Bonchev–Trinajstić information content (AvgIpc) is 2.79. The van der Waals surface area contributed by atoms with Crippen LogP contribution in [0.15, 0.2) is 18.2 Å². The molecule has 1 aliphatic heterocycles. The third-order valence-electron chi connectivity index (χ3n) is 3.77. The fourth-order valence-electron chi connectivity index (χ4n) is 2.65. The van der Waals surface area contributed by atoms with Crippen LogP contribution in [-0.2, 0) is 0 Å². The van der Waals surface area contributed by atoms with Gasteiger partial charge in [-0.2, -0.15) is 0 Å². The number of fused-ring (bicyclic) bond motifs is 1. The Balaban J connectivity index is 1.87. The van der Waals surface area contributed by atoms with E-state index in [2.05, 4.69) is 5.43 Å². The molecular weight excluding hydrogens is 270 g/mol. The van der Waals surface area contributed by atoms with Gasteiger partial charge in [0.25, 0.3) is 5.91 Å². The molecule has 4 nitrogen and oxygen atoms in total. The van der Waals surface area contributed by atoms with E-state index in [9.17, 15) is 4.79 Å². The monoisotopic (exact) mass is 289 g/mol. The van der Waals surface area contributed by atoms with Gasteiger partial charge < -0.3 is 5.73 Å². The van der Waals surface area contributed by atoms with E-state index in [-0.39, 0.29) is 5.91 Å². The second-order valence-electron chi connectivity index (χ2n) is 5.29. The number of hydrazine groups is 1. The molecule has 1 aliphatic rings. The summed E-state index contributed by atoms with van der Waals surface area (Å²) in [7, 11) is 0. The van der Waals surface area contributed by atoms with Gasteiger partial charge in [-0.25, -0.2) is 5.01 Å². The van der Waals surface area contributed by atoms with Crippen LogP contribution in [0.4, 0.5) is 5.69 Å². The lowest BCUT2D eigenvalue weighted by Crippen LogP contribution is -2.44. The van der Waals surface area contributed by atoms with Crippen molar-refractivity contribution in [3.05, 3.63) is 28.6 Å². The molecule has 1 amide bonds. The molecule has 0 radical (unpaired) electrons. The van der Waals surface area contributed by atoms with Gasteiger partial charge in [0.2, 0.25) is 0 Å². The normalized spacial score (nSPS) is 16.4. The van der Waals surface area contributed by atoms with Crippen LogP contribution in [0.1, 0.15) is 34.5 Å². The highest BCUT2D eigenvalue weighted by Crippen LogP contribution is 2.35. The number of thiophene rings is 1. The van der Waals surface area contributed by atoms with Gasteiger partial charge in [-0.15, -0.1) is 11.3 Å². The first-order valence-corrected chi connectivity index (χ1v) is 7.82. The number of carbonyl (C=O) groups is 1. The molecule has 0 atom stereocenters. The summed E-state index contributed by atoms with van der Waals surface area (Å²) in [5.41, 5.74) is 10.9. The van der Waals surface area contributed by atoms with Crippen LogP contribution in [0.5, 0.6) is 0 Å². The van der Waals surface area contributed by atoms with E-state index >= 15 is 0 Å². The smallest absolute Gasteiger partial charge is 0.277 e. The molecule has 5 heteroatoms. The maximum absolute atomic E-state index is 12.4. The van der Waals surface area contributed by atoms with Gasteiger partial charge in [0.1, 0.15) is 4.88 Å². The number of nitrogens with zero attached hydrogens (tertiary/aromatic N) is 1. The van der Waals surface area contributed by atoms with E-state index in [1.54, 1.807) is 0 Å². The van der Waals surface area contributed by atoms with Crippen LogP contribution in [-0.4, -0.2) is 24.0 Å². The number of nitrogen functional groups attached to an aromatic ring is 1. The van der Waals surface area contributed by atoms with Crippen LogP contribution in [0, 0.1) is 6.92 Å². The van der Waals surface area contributed by atoms with Crippen LogP contribution in [0.25, 0.3) is 10.1 Å². The molecule has 3 rings (SSSR count). The minimum atomic E-state index is -0.0787. The Hall–Kier alpha value is -1.59. The SMILES string of the molecule is Cc1cccc2c(N)c(C(=O)NN3CCCCC3)sc12. The van der Waals surface area contributed by atoms with Crippen molar-refractivity contribution in [2.45, 2.75) is 26.2 Å². The largest absolute Gasteiger partial charge is 0.397 e. The fourth-order valence-corrected chi connectivity index (χ4v) is 3.73. The number of hydrogen-bond donors (Lipinski definition) is 2. The summed E-state index contributed by atoms with van der Waals surface area (Å²) in [6.45, 7) is 3.90. The number of rotatable bonds is 2. The Morgan fingerprint density at radius 3 is 2.75 bits per heavy atom. The van der Waals surface area contributed by atoms with Crippen molar-refractivity contribution >= 4 is 33.0 Å². The third-order valence-corrected chi connectivity index (χ3v) is 5.13. The van der Waals surface area contributed by atoms with Gasteiger partial charge in [0, 0.05) is 23.2 Å². The van der Waals surface area contributed by atoms with Crippen molar-refractivity contribution in [3.63, 3.8) is 0 Å². The van der Waals surface area contributed by atoms with Crippen molar-refractivity contribution in [2.24, 2.45) is 0 Å². The summed E-state index contributed by atoms with van der Waals surface area (Å²) in [5.74, 6) is -0.0787. The third kappa shape index (κ3) is 2.39. The second kappa shape index (κ2) is 5.42. The zero-order valence-corrected chi connectivity index (χ0v) is 12.4. The lowest BCUT2D eigenvalue weighted by atomic mass is 10.1. The Kier molecular flexibility index (Phi) is 3.63. The van der Waals surface area contributed by atoms with E-state index in [4.69, 9.17) is 5.73 Å². The highest BCUT2D eigenvalue weighted by molar-refractivity contribution is 7.21. The van der Waals surface area contributed by atoms with Gasteiger partial charge in [-0.1, -0.05) is 24.6 Å². The first kappa shape index (κ1) is 13.4. The zero-order chi connectivity index (χ0) is 14.1. The maximum atomic E-state index is 12.4. The number of amides is 1. The zero-order valence-electron chi connectivity index (χ0n) is 11.6. The second-order valence-corrected chi connectivity index (χ2v) is 6.31. The lowest BCUT2D eigenvalue weighted by molar-refractivity contribution is 0.0755. The standard InChI is InChI=1S/C15H19N3OS/c1-10-6-5-7-11-12(16)14(20-13(10)11)15(19)17-18-8-3-2-4-9-18/h5-7H,2-4,8-9,16H2,1H3,(H,17,19).